The molecule has 0 aromatic carbocycles. The quantitative estimate of drug-likeness (QED) is 0.647. The molecule has 2 heterocycles. The molecule has 1 aromatic rings. The number of hydrogen-bond donors (Lipinski definition) is 2. The highest BCUT2D eigenvalue weighted by Crippen LogP contribution is 2.05. The third kappa shape index (κ3) is 1.43. The van der Waals surface area contributed by atoms with Crippen LogP contribution in [0.1, 0.15) is 12.8 Å². The lowest BCUT2D eigenvalue weighted by Gasteiger charge is -2.08. The van der Waals surface area contributed by atoms with Crippen molar-refractivity contribution >= 4 is 0 Å². The minimum atomic E-state index is -0.0105. The molecular weight excluding hydrogens is 154 g/mol. The normalized spacial score (nSPS) is 23.2. The maximum atomic E-state index is 11.1. The highest BCUT2D eigenvalue weighted by Gasteiger charge is 2.14. The first-order valence-corrected chi connectivity index (χ1v) is 4.33. The third-order valence-corrected chi connectivity index (χ3v) is 2.30. The monoisotopic (exact) mass is 167 g/mol. The molecule has 1 aromatic heterocycles. The number of aromatic amines is 1. The van der Waals surface area contributed by atoms with Crippen LogP contribution in [0.4, 0.5) is 0 Å². The minimum Gasteiger partial charge on any atom is -0.313 e. The van der Waals surface area contributed by atoms with E-state index in [0.717, 1.165) is 13.1 Å². The van der Waals surface area contributed by atoms with Crippen molar-refractivity contribution in [3.8, 4) is 0 Å². The summed E-state index contributed by atoms with van der Waals surface area (Å²) in [6, 6.07) is 0.485. The van der Waals surface area contributed by atoms with Crippen LogP contribution in [-0.4, -0.2) is 22.1 Å². The SMILES string of the molecule is O=c1[nH]ccn1CC1CCCN1. The fourth-order valence-corrected chi connectivity index (χ4v) is 1.64. The summed E-state index contributed by atoms with van der Waals surface area (Å²) in [7, 11) is 0. The van der Waals surface area contributed by atoms with Gasteiger partial charge >= 0.3 is 5.69 Å². The molecule has 4 heteroatoms. The fourth-order valence-electron chi connectivity index (χ4n) is 1.64. The molecule has 1 unspecified atom stereocenters. The zero-order chi connectivity index (χ0) is 8.39. The van der Waals surface area contributed by atoms with Crippen molar-refractivity contribution < 1.29 is 0 Å². The topological polar surface area (TPSA) is 49.8 Å². The van der Waals surface area contributed by atoms with Crippen LogP contribution in [-0.2, 0) is 6.54 Å². The number of rotatable bonds is 2. The molecule has 2 rings (SSSR count). The van der Waals surface area contributed by atoms with E-state index in [9.17, 15) is 4.79 Å². The second kappa shape index (κ2) is 3.15. The molecule has 12 heavy (non-hydrogen) atoms. The van der Waals surface area contributed by atoms with Gasteiger partial charge in [0.2, 0.25) is 0 Å². The zero-order valence-electron chi connectivity index (χ0n) is 6.92. The molecule has 0 amide bonds. The Labute approximate surface area is 70.6 Å². The van der Waals surface area contributed by atoms with Gasteiger partial charge < -0.3 is 10.3 Å². The van der Waals surface area contributed by atoms with E-state index in [1.165, 1.54) is 12.8 Å². The summed E-state index contributed by atoms with van der Waals surface area (Å²) in [5.41, 5.74) is -0.0105. The number of H-pyrrole nitrogens is 1. The Balaban J connectivity index is 2.03. The van der Waals surface area contributed by atoms with Crippen LogP contribution in [0, 0.1) is 0 Å². The molecule has 4 nitrogen and oxygen atoms in total. The molecule has 0 bridgehead atoms. The summed E-state index contributed by atoms with van der Waals surface area (Å²) >= 11 is 0. The summed E-state index contributed by atoms with van der Waals surface area (Å²) in [5.74, 6) is 0. The largest absolute Gasteiger partial charge is 0.325 e. The molecule has 1 aliphatic rings. The van der Waals surface area contributed by atoms with Gasteiger partial charge in [0.15, 0.2) is 0 Å². The molecule has 1 saturated heterocycles. The van der Waals surface area contributed by atoms with E-state index in [4.69, 9.17) is 0 Å². The van der Waals surface area contributed by atoms with Crippen molar-refractivity contribution in [1.29, 1.82) is 0 Å². The van der Waals surface area contributed by atoms with Crippen LogP contribution < -0.4 is 11.0 Å². The molecule has 1 atom stereocenters. The van der Waals surface area contributed by atoms with Gasteiger partial charge in [-0.15, -0.1) is 0 Å². The zero-order valence-corrected chi connectivity index (χ0v) is 6.92. The van der Waals surface area contributed by atoms with Crippen molar-refractivity contribution in [2.75, 3.05) is 6.54 Å². The molecule has 0 spiro atoms. The Morgan fingerprint density at radius 1 is 1.67 bits per heavy atom. The number of nitrogens with zero attached hydrogens (tertiary/aromatic N) is 1. The number of aromatic nitrogens is 2. The van der Waals surface area contributed by atoms with E-state index in [0.29, 0.717) is 6.04 Å². The summed E-state index contributed by atoms with van der Waals surface area (Å²) in [5, 5.41) is 3.35. The maximum absolute atomic E-state index is 11.1. The van der Waals surface area contributed by atoms with Gasteiger partial charge in [-0.3, -0.25) is 4.57 Å². The first-order valence-electron chi connectivity index (χ1n) is 4.33. The average molecular weight is 167 g/mol. The summed E-state index contributed by atoms with van der Waals surface area (Å²) in [4.78, 5) is 13.7. The first-order chi connectivity index (χ1) is 5.86. The van der Waals surface area contributed by atoms with Crippen LogP contribution in [0.2, 0.25) is 0 Å². The number of imidazole rings is 1. The number of hydrogen-bond acceptors (Lipinski definition) is 2. The summed E-state index contributed by atoms with van der Waals surface area (Å²) < 4.78 is 1.71. The average Bonchev–Trinajstić information content (AvgIpc) is 2.65. The van der Waals surface area contributed by atoms with Crippen molar-refractivity contribution in [3.05, 3.63) is 22.9 Å². The van der Waals surface area contributed by atoms with Crippen LogP contribution >= 0.6 is 0 Å². The second-order valence-corrected chi connectivity index (χ2v) is 3.21. The van der Waals surface area contributed by atoms with Crippen molar-refractivity contribution in [2.24, 2.45) is 0 Å². The minimum absolute atomic E-state index is 0.0105. The Bertz CT molecular complexity index is 295. The van der Waals surface area contributed by atoms with Gasteiger partial charge in [0, 0.05) is 25.0 Å². The van der Waals surface area contributed by atoms with Crippen molar-refractivity contribution in [1.82, 2.24) is 14.9 Å². The van der Waals surface area contributed by atoms with Crippen LogP contribution in [0.5, 0.6) is 0 Å². The molecule has 1 aliphatic heterocycles. The standard InChI is InChI=1S/C8H13N3O/c12-8-10-4-5-11(8)6-7-2-1-3-9-7/h4-5,7,9H,1-3,6H2,(H,10,12). The first kappa shape index (κ1) is 7.61. The van der Waals surface area contributed by atoms with E-state index in [1.54, 1.807) is 17.0 Å². The lowest BCUT2D eigenvalue weighted by atomic mass is 10.2. The van der Waals surface area contributed by atoms with E-state index in [-0.39, 0.29) is 5.69 Å². The Hall–Kier alpha value is -1.03. The van der Waals surface area contributed by atoms with E-state index in [2.05, 4.69) is 10.3 Å². The van der Waals surface area contributed by atoms with Gasteiger partial charge in [0.1, 0.15) is 0 Å². The predicted octanol–water partition coefficient (Wildman–Crippen LogP) is -0.0716. The molecule has 0 aliphatic carbocycles. The van der Waals surface area contributed by atoms with E-state index >= 15 is 0 Å². The Kier molecular flexibility index (Phi) is 1.99. The Morgan fingerprint density at radius 2 is 2.58 bits per heavy atom. The lowest BCUT2D eigenvalue weighted by molar-refractivity contribution is 0.500. The van der Waals surface area contributed by atoms with Gasteiger partial charge in [-0.25, -0.2) is 4.79 Å². The smallest absolute Gasteiger partial charge is 0.313 e. The highest BCUT2D eigenvalue weighted by atomic mass is 16.1. The van der Waals surface area contributed by atoms with Gasteiger partial charge in [-0.1, -0.05) is 0 Å². The van der Waals surface area contributed by atoms with Gasteiger partial charge in [0.25, 0.3) is 0 Å². The van der Waals surface area contributed by atoms with Gasteiger partial charge in [-0.2, -0.15) is 0 Å². The third-order valence-electron chi connectivity index (χ3n) is 2.30. The molecule has 66 valence electrons. The van der Waals surface area contributed by atoms with Crippen LogP contribution in [0.25, 0.3) is 0 Å². The highest BCUT2D eigenvalue weighted by molar-refractivity contribution is 4.81. The lowest BCUT2D eigenvalue weighted by Crippen LogP contribution is -2.30. The number of nitrogens with one attached hydrogen (secondary N) is 2. The fraction of sp³-hybridized carbons (Fsp3) is 0.625. The molecule has 0 saturated carbocycles. The predicted molar refractivity (Wildman–Crippen MR) is 46.1 cm³/mol. The van der Waals surface area contributed by atoms with Gasteiger partial charge in [-0.05, 0) is 19.4 Å². The molecule has 1 fully saturated rings. The summed E-state index contributed by atoms with van der Waals surface area (Å²) in [6.45, 7) is 1.88. The van der Waals surface area contributed by atoms with Crippen molar-refractivity contribution in [2.45, 2.75) is 25.4 Å². The molecule has 2 N–H and O–H groups in total. The van der Waals surface area contributed by atoms with E-state index in [1.807, 2.05) is 0 Å². The second-order valence-electron chi connectivity index (χ2n) is 3.21. The van der Waals surface area contributed by atoms with Crippen LogP contribution in [0.15, 0.2) is 17.2 Å². The van der Waals surface area contributed by atoms with E-state index < -0.39 is 0 Å². The maximum Gasteiger partial charge on any atom is 0.325 e. The summed E-state index contributed by atoms with van der Waals surface area (Å²) in [6.07, 6.45) is 5.88. The molecular formula is C8H13N3O. The Morgan fingerprint density at radius 3 is 3.17 bits per heavy atom. The van der Waals surface area contributed by atoms with Gasteiger partial charge in [0.05, 0.1) is 0 Å². The molecule has 0 radical (unpaired) electrons. The van der Waals surface area contributed by atoms with Crippen LogP contribution in [0.3, 0.4) is 0 Å². The van der Waals surface area contributed by atoms with Crippen molar-refractivity contribution in [3.63, 3.8) is 0 Å².